The van der Waals surface area contributed by atoms with Crippen molar-refractivity contribution in [2.45, 2.75) is 0 Å². The maximum Gasteiger partial charge on any atom is 0.171 e. The van der Waals surface area contributed by atoms with Crippen molar-refractivity contribution in [1.82, 2.24) is 9.97 Å². The van der Waals surface area contributed by atoms with E-state index in [0.29, 0.717) is 16.0 Å². The number of halogens is 3. The summed E-state index contributed by atoms with van der Waals surface area (Å²) in [6.45, 7) is 0. The third-order valence-electron chi connectivity index (χ3n) is 1.84. The van der Waals surface area contributed by atoms with Crippen LogP contribution in [0, 0.1) is 0 Å². The molecule has 0 unspecified atom stereocenters. The van der Waals surface area contributed by atoms with Crippen molar-refractivity contribution in [2.75, 3.05) is 5.32 Å². The fraction of sp³-hybridized carbons (Fsp3) is 0. The van der Waals surface area contributed by atoms with E-state index >= 15 is 0 Å². The average Bonchev–Trinajstić information content (AvgIpc) is 2.27. The van der Waals surface area contributed by atoms with Crippen LogP contribution in [0.15, 0.2) is 35.1 Å². The van der Waals surface area contributed by atoms with Crippen LogP contribution in [0.25, 0.3) is 0 Å². The van der Waals surface area contributed by atoms with Gasteiger partial charge < -0.3 is 5.32 Å². The smallest absolute Gasteiger partial charge is 0.171 e. The molecule has 2 aromatic rings. The van der Waals surface area contributed by atoms with E-state index in [4.69, 9.17) is 23.2 Å². The van der Waals surface area contributed by atoms with E-state index in [-0.39, 0.29) is 0 Å². The Kier molecular flexibility index (Phi) is 3.63. The molecule has 0 spiro atoms. The fourth-order valence-corrected chi connectivity index (χ4v) is 1.80. The second-order valence-corrected chi connectivity index (χ2v) is 4.63. The number of rotatable bonds is 2. The molecular weight excluding hydrogens is 313 g/mol. The van der Waals surface area contributed by atoms with Crippen molar-refractivity contribution >= 4 is 50.6 Å². The van der Waals surface area contributed by atoms with Gasteiger partial charge in [0.05, 0.1) is 10.7 Å². The highest BCUT2D eigenvalue weighted by molar-refractivity contribution is 9.10. The van der Waals surface area contributed by atoms with Crippen LogP contribution in [0.2, 0.25) is 10.2 Å². The summed E-state index contributed by atoms with van der Waals surface area (Å²) >= 11 is 15.3. The number of aromatic nitrogens is 2. The number of hydrogen-bond donors (Lipinski definition) is 1. The Morgan fingerprint density at radius 1 is 1.12 bits per heavy atom. The lowest BCUT2D eigenvalue weighted by molar-refractivity contribution is 1.20. The minimum absolute atomic E-state index is 0.304. The van der Waals surface area contributed by atoms with Gasteiger partial charge in [-0.1, -0.05) is 39.1 Å². The Balaban J connectivity index is 2.34. The molecule has 2 rings (SSSR count). The minimum Gasteiger partial charge on any atom is -0.336 e. The molecule has 1 N–H and O–H groups in total. The van der Waals surface area contributed by atoms with E-state index in [1.54, 1.807) is 12.3 Å². The van der Waals surface area contributed by atoms with Crippen LogP contribution in [0.1, 0.15) is 0 Å². The zero-order valence-electron chi connectivity index (χ0n) is 7.92. The first kappa shape index (κ1) is 11.6. The van der Waals surface area contributed by atoms with Crippen LogP contribution in [0.4, 0.5) is 11.5 Å². The molecule has 0 atom stereocenters. The lowest BCUT2D eigenvalue weighted by Gasteiger charge is -2.08. The van der Waals surface area contributed by atoms with Crippen LogP contribution in [0.5, 0.6) is 0 Å². The summed E-state index contributed by atoms with van der Waals surface area (Å²) in [4.78, 5) is 7.98. The largest absolute Gasteiger partial charge is 0.336 e. The fourth-order valence-electron chi connectivity index (χ4n) is 1.13. The topological polar surface area (TPSA) is 37.8 Å². The summed E-state index contributed by atoms with van der Waals surface area (Å²) in [5.41, 5.74) is 0.721. The highest BCUT2D eigenvalue weighted by Gasteiger charge is 2.05. The van der Waals surface area contributed by atoms with Crippen LogP contribution in [-0.2, 0) is 0 Å². The predicted molar refractivity (Wildman–Crippen MR) is 69.5 cm³/mol. The van der Waals surface area contributed by atoms with Crippen molar-refractivity contribution in [3.05, 3.63) is 45.2 Å². The second kappa shape index (κ2) is 4.99. The molecule has 0 radical (unpaired) electrons. The van der Waals surface area contributed by atoms with Gasteiger partial charge in [-0.25, -0.2) is 9.97 Å². The van der Waals surface area contributed by atoms with Gasteiger partial charge in [0.1, 0.15) is 0 Å². The quantitative estimate of drug-likeness (QED) is 0.897. The van der Waals surface area contributed by atoms with Gasteiger partial charge in [0.25, 0.3) is 0 Å². The third kappa shape index (κ3) is 2.64. The number of anilines is 2. The molecule has 1 aromatic carbocycles. The van der Waals surface area contributed by atoms with Crippen molar-refractivity contribution in [2.24, 2.45) is 0 Å². The molecule has 16 heavy (non-hydrogen) atoms. The third-order valence-corrected chi connectivity index (χ3v) is 2.93. The van der Waals surface area contributed by atoms with Gasteiger partial charge in [-0.3, -0.25) is 0 Å². The lowest BCUT2D eigenvalue weighted by Crippen LogP contribution is -1.96. The molecule has 0 aliphatic carbocycles. The molecular formula is C10H6BrCl2N3. The standard InChI is InChI=1S/C10H6BrCl2N3/c11-6-1-2-7(12)8(5-6)16-10-9(13)14-3-4-15-10/h1-5H,(H,15,16). The minimum atomic E-state index is 0.304. The van der Waals surface area contributed by atoms with E-state index in [1.165, 1.54) is 6.20 Å². The number of nitrogens with one attached hydrogen (secondary N) is 1. The van der Waals surface area contributed by atoms with E-state index < -0.39 is 0 Å². The van der Waals surface area contributed by atoms with E-state index in [2.05, 4.69) is 31.2 Å². The maximum atomic E-state index is 6.02. The van der Waals surface area contributed by atoms with Gasteiger partial charge in [-0.2, -0.15) is 0 Å². The second-order valence-electron chi connectivity index (χ2n) is 2.94. The zero-order valence-corrected chi connectivity index (χ0v) is 11.0. The summed E-state index contributed by atoms with van der Waals surface area (Å²) < 4.78 is 0.916. The number of nitrogens with zero attached hydrogens (tertiary/aromatic N) is 2. The van der Waals surface area contributed by atoms with E-state index in [0.717, 1.165) is 10.2 Å². The van der Waals surface area contributed by atoms with Gasteiger partial charge in [-0.05, 0) is 18.2 Å². The Morgan fingerprint density at radius 3 is 2.62 bits per heavy atom. The molecule has 1 aromatic heterocycles. The van der Waals surface area contributed by atoms with E-state index in [1.807, 2.05) is 12.1 Å². The molecule has 0 saturated carbocycles. The highest BCUT2D eigenvalue weighted by Crippen LogP contribution is 2.29. The van der Waals surface area contributed by atoms with Crippen LogP contribution in [0.3, 0.4) is 0 Å². The molecule has 0 aliphatic rings. The summed E-state index contributed by atoms with van der Waals surface area (Å²) in [5, 5.41) is 3.91. The maximum absolute atomic E-state index is 6.02. The first-order valence-electron chi connectivity index (χ1n) is 4.35. The van der Waals surface area contributed by atoms with Gasteiger partial charge in [0.2, 0.25) is 0 Å². The summed E-state index contributed by atoms with van der Waals surface area (Å²) in [5.74, 6) is 0.476. The first-order chi connectivity index (χ1) is 7.66. The van der Waals surface area contributed by atoms with Crippen LogP contribution >= 0.6 is 39.1 Å². The normalized spacial score (nSPS) is 10.2. The molecule has 6 heteroatoms. The first-order valence-corrected chi connectivity index (χ1v) is 5.90. The van der Waals surface area contributed by atoms with Crippen molar-refractivity contribution < 1.29 is 0 Å². The summed E-state index contributed by atoms with van der Waals surface area (Å²) in [6, 6.07) is 5.47. The Bertz CT molecular complexity index is 519. The number of hydrogen-bond acceptors (Lipinski definition) is 3. The molecule has 82 valence electrons. The van der Waals surface area contributed by atoms with Gasteiger partial charge in [0, 0.05) is 16.9 Å². The monoisotopic (exact) mass is 317 g/mol. The molecule has 0 amide bonds. The molecule has 3 nitrogen and oxygen atoms in total. The Labute approximate surface area is 111 Å². The van der Waals surface area contributed by atoms with Crippen molar-refractivity contribution in [1.29, 1.82) is 0 Å². The molecule has 0 aliphatic heterocycles. The van der Waals surface area contributed by atoms with Crippen LogP contribution in [-0.4, -0.2) is 9.97 Å². The molecule has 0 bridgehead atoms. The SMILES string of the molecule is Clc1ccc(Br)cc1Nc1nccnc1Cl. The summed E-state index contributed by atoms with van der Waals surface area (Å²) in [6.07, 6.45) is 3.08. The van der Waals surface area contributed by atoms with E-state index in [9.17, 15) is 0 Å². The van der Waals surface area contributed by atoms with Gasteiger partial charge in [-0.15, -0.1) is 0 Å². The summed E-state index contributed by atoms with van der Waals surface area (Å²) in [7, 11) is 0. The molecule has 0 fully saturated rings. The highest BCUT2D eigenvalue weighted by atomic mass is 79.9. The Morgan fingerprint density at radius 2 is 1.88 bits per heavy atom. The molecule has 1 heterocycles. The lowest BCUT2D eigenvalue weighted by atomic mass is 10.3. The Hall–Kier alpha value is -0.840. The molecule has 0 saturated heterocycles. The van der Waals surface area contributed by atoms with Crippen molar-refractivity contribution in [3.63, 3.8) is 0 Å². The average molecular weight is 319 g/mol. The van der Waals surface area contributed by atoms with Gasteiger partial charge in [0.15, 0.2) is 11.0 Å². The predicted octanol–water partition coefficient (Wildman–Crippen LogP) is 4.29. The number of benzene rings is 1. The van der Waals surface area contributed by atoms with Crippen LogP contribution < -0.4 is 5.32 Å². The van der Waals surface area contributed by atoms with Gasteiger partial charge >= 0.3 is 0 Å². The van der Waals surface area contributed by atoms with Crippen molar-refractivity contribution in [3.8, 4) is 0 Å². The zero-order chi connectivity index (χ0) is 11.5.